The van der Waals surface area contributed by atoms with E-state index in [1.807, 2.05) is 0 Å². The standard InChI is InChI=1S/C20H20F6N8O2S/c1-19(22,23)11-4-5-27-13(6-11)7-28-17(36)18-32-31-15(37-18)3-2-12(21)8-34-9-14(30-33-34)16(35)29-10-20(24,25)26/h4-6,9,12H,2-3,7-8,10H2,1H3,(H,28,36)(H,29,35). The lowest BCUT2D eigenvalue weighted by atomic mass is 10.1. The molecule has 37 heavy (non-hydrogen) atoms. The highest BCUT2D eigenvalue weighted by atomic mass is 32.1. The molecule has 0 saturated carbocycles. The number of aromatic nitrogens is 6. The smallest absolute Gasteiger partial charge is 0.344 e. The summed E-state index contributed by atoms with van der Waals surface area (Å²) in [6, 6.07) is 2.36. The van der Waals surface area contributed by atoms with Gasteiger partial charge in [0, 0.05) is 25.1 Å². The molecule has 0 fully saturated rings. The van der Waals surface area contributed by atoms with Gasteiger partial charge in [0.1, 0.15) is 17.7 Å². The van der Waals surface area contributed by atoms with Crippen LogP contribution >= 0.6 is 11.3 Å². The molecule has 1 atom stereocenters. The Labute approximate surface area is 209 Å². The number of carbonyl (C=O) groups is 2. The molecule has 10 nitrogen and oxygen atoms in total. The van der Waals surface area contributed by atoms with Crippen LogP contribution in [0.25, 0.3) is 0 Å². The minimum absolute atomic E-state index is 0.00632. The van der Waals surface area contributed by atoms with Gasteiger partial charge in [0.25, 0.3) is 17.7 Å². The van der Waals surface area contributed by atoms with Gasteiger partial charge in [0.05, 0.1) is 25.0 Å². The third-order valence-corrected chi connectivity index (χ3v) is 5.67. The molecule has 0 aliphatic carbocycles. The van der Waals surface area contributed by atoms with E-state index >= 15 is 0 Å². The van der Waals surface area contributed by atoms with Crippen LogP contribution in [0.5, 0.6) is 0 Å². The summed E-state index contributed by atoms with van der Waals surface area (Å²) in [7, 11) is 0. The maximum Gasteiger partial charge on any atom is 0.405 e. The van der Waals surface area contributed by atoms with E-state index in [-0.39, 0.29) is 47.9 Å². The van der Waals surface area contributed by atoms with Crippen molar-refractivity contribution in [1.82, 2.24) is 40.8 Å². The number of hydrogen-bond donors (Lipinski definition) is 2. The molecule has 0 aliphatic rings. The summed E-state index contributed by atoms with van der Waals surface area (Å²) in [5.41, 5.74) is -0.398. The number of nitrogens with zero attached hydrogens (tertiary/aromatic N) is 6. The molecule has 3 heterocycles. The number of pyridine rings is 1. The van der Waals surface area contributed by atoms with Crippen LogP contribution in [0.4, 0.5) is 26.3 Å². The van der Waals surface area contributed by atoms with E-state index < -0.39 is 36.6 Å². The average molecular weight is 550 g/mol. The number of nitrogens with one attached hydrogen (secondary N) is 2. The fourth-order valence-corrected chi connectivity index (χ4v) is 3.65. The Hall–Kier alpha value is -3.63. The summed E-state index contributed by atoms with van der Waals surface area (Å²) in [6.07, 6.45) is -3.74. The molecule has 1 unspecified atom stereocenters. The van der Waals surface area contributed by atoms with Crippen molar-refractivity contribution in [3.63, 3.8) is 0 Å². The molecule has 17 heteroatoms. The Morgan fingerprint density at radius 2 is 1.86 bits per heavy atom. The zero-order valence-electron chi connectivity index (χ0n) is 19.1. The van der Waals surface area contributed by atoms with Gasteiger partial charge < -0.3 is 10.6 Å². The Morgan fingerprint density at radius 3 is 2.57 bits per heavy atom. The molecule has 0 bridgehead atoms. The lowest BCUT2D eigenvalue weighted by molar-refractivity contribution is -0.123. The van der Waals surface area contributed by atoms with E-state index in [1.54, 1.807) is 5.32 Å². The summed E-state index contributed by atoms with van der Waals surface area (Å²) in [6.45, 7) is -1.21. The number of alkyl halides is 6. The van der Waals surface area contributed by atoms with Gasteiger partial charge in [-0.3, -0.25) is 14.6 Å². The number of aryl methyl sites for hydroxylation is 1. The van der Waals surface area contributed by atoms with Crippen molar-refractivity contribution in [2.75, 3.05) is 6.54 Å². The van der Waals surface area contributed by atoms with Crippen LogP contribution in [0.15, 0.2) is 24.5 Å². The van der Waals surface area contributed by atoms with Crippen LogP contribution in [0.2, 0.25) is 0 Å². The van der Waals surface area contributed by atoms with Crippen molar-refractivity contribution in [1.29, 1.82) is 0 Å². The van der Waals surface area contributed by atoms with Crippen LogP contribution in [-0.4, -0.2) is 60.9 Å². The quantitative estimate of drug-likeness (QED) is 0.352. The highest BCUT2D eigenvalue weighted by molar-refractivity contribution is 7.13. The second-order valence-corrected chi connectivity index (χ2v) is 8.93. The van der Waals surface area contributed by atoms with E-state index in [0.717, 1.165) is 29.1 Å². The molecule has 3 aromatic rings. The molecular formula is C20H20F6N8O2S. The average Bonchev–Trinajstić information content (AvgIpc) is 3.49. The zero-order chi connectivity index (χ0) is 27.2. The molecule has 2 amide bonds. The lowest BCUT2D eigenvalue weighted by Gasteiger charge is -2.11. The number of hydrogen-bond acceptors (Lipinski definition) is 8. The molecule has 3 rings (SSSR count). The van der Waals surface area contributed by atoms with E-state index in [2.05, 4.69) is 30.8 Å². The van der Waals surface area contributed by atoms with Gasteiger partial charge in [0.15, 0.2) is 5.69 Å². The SMILES string of the molecule is CC(F)(F)c1ccnc(CNC(=O)c2nnc(CCC(F)Cn3cc(C(=O)NCC(F)(F)F)nn3)s2)c1. The summed E-state index contributed by atoms with van der Waals surface area (Å²) < 4.78 is 78.7. The summed E-state index contributed by atoms with van der Waals surface area (Å²) in [5, 5.41) is 19.0. The van der Waals surface area contributed by atoms with Crippen molar-refractivity contribution in [2.24, 2.45) is 0 Å². The van der Waals surface area contributed by atoms with Gasteiger partial charge in [0.2, 0.25) is 5.01 Å². The van der Waals surface area contributed by atoms with Gasteiger partial charge >= 0.3 is 6.18 Å². The van der Waals surface area contributed by atoms with E-state index in [9.17, 15) is 35.9 Å². The fourth-order valence-electron chi connectivity index (χ4n) is 2.88. The third-order valence-electron chi connectivity index (χ3n) is 4.69. The Morgan fingerprint density at radius 1 is 1.11 bits per heavy atom. The Bertz CT molecular complexity index is 1230. The first-order valence-corrected chi connectivity index (χ1v) is 11.4. The number of halogens is 6. The Kier molecular flexibility index (Phi) is 8.77. The Balaban J connectivity index is 1.45. The van der Waals surface area contributed by atoms with Crippen molar-refractivity contribution >= 4 is 23.2 Å². The summed E-state index contributed by atoms with van der Waals surface area (Å²) in [4.78, 5) is 27.9. The monoisotopic (exact) mass is 550 g/mol. The molecule has 2 N–H and O–H groups in total. The topological polar surface area (TPSA) is 128 Å². The minimum Gasteiger partial charge on any atom is -0.344 e. The van der Waals surface area contributed by atoms with Gasteiger partial charge in [-0.15, -0.1) is 15.3 Å². The molecule has 200 valence electrons. The van der Waals surface area contributed by atoms with E-state index in [0.29, 0.717) is 5.01 Å². The molecule has 0 spiro atoms. The number of amides is 2. The number of carbonyl (C=O) groups excluding carboxylic acids is 2. The maximum absolute atomic E-state index is 14.4. The lowest BCUT2D eigenvalue weighted by Crippen LogP contribution is -2.33. The largest absolute Gasteiger partial charge is 0.405 e. The van der Waals surface area contributed by atoms with Gasteiger partial charge in [-0.1, -0.05) is 16.6 Å². The molecule has 0 aromatic carbocycles. The van der Waals surface area contributed by atoms with Crippen LogP contribution in [0, 0.1) is 0 Å². The molecule has 0 saturated heterocycles. The second-order valence-electron chi connectivity index (χ2n) is 7.87. The number of rotatable bonds is 11. The van der Waals surface area contributed by atoms with Gasteiger partial charge in [-0.25, -0.2) is 17.9 Å². The molecule has 0 aliphatic heterocycles. The van der Waals surface area contributed by atoms with Crippen LogP contribution < -0.4 is 10.6 Å². The van der Waals surface area contributed by atoms with Crippen molar-refractivity contribution in [3.05, 3.63) is 51.5 Å². The minimum atomic E-state index is -4.58. The second kappa shape index (κ2) is 11.6. The van der Waals surface area contributed by atoms with E-state index in [1.165, 1.54) is 18.3 Å². The summed E-state index contributed by atoms with van der Waals surface area (Å²) >= 11 is 0.926. The first-order chi connectivity index (χ1) is 17.3. The molecular weight excluding hydrogens is 530 g/mol. The van der Waals surface area contributed by atoms with Crippen molar-refractivity contribution < 1.29 is 35.9 Å². The maximum atomic E-state index is 14.4. The first kappa shape index (κ1) is 27.9. The summed E-state index contributed by atoms with van der Waals surface area (Å²) in [5.74, 6) is -4.74. The van der Waals surface area contributed by atoms with Crippen LogP contribution in [0.1, 0.15) is 49.9 Å². The first-order valence-electron chi connectivity index (χ1n) is 10.6. The van der Waals surface area contributed by atoms with Crippen molar-refractivity contribution in [2.45, 2.75) is 51.1 Å². The molecule has 0 radical (unpaired) electrons. The third kappa shape index (κ3) is 8.76. The highest BCUT2D eigenvalue weighted by Crippen LogP contribution is 2.26. The van der Waals surface area contributed by atoms with Gasteiger partial charge in [-0.05, 0) is 18.6 Å². The molecule has 3 aromatic heterocycles. The van der Waals surface area contributed by atoms with Crippen molar-refractivity contribution in [3.8, 4) is 0 Å². The normalized spacial score (nSPS) is 12.8. The zero-order valence-corrected chi connectivity index (χ0v) is 19.9. The fraction of sp³-hybridized carbons (Fsp3) is 0.450. The van der Waals surface area contributed by atoms with Gasteiger partial charge in [-0.2, -0.15) is 13.2 Å². The predicted octanol–water partition coefficient (Wildman–Crippen LogP) is 2.83. The highest BCUT2D eigenvalue weighted by Gasteiger charge is 2.28. The van der Waals surface area contributed by atoms with Crippen LogP contribution in [0.3, 0.4) is 0 Å². The predicted molar refractivity (Wildman–Crippen MR) is 117 cm³/mol. The van der Waals surface area contributed by atoms with Crippen LogP contribution in [-0.2, 0) is 25.4 Å². The van der Waals surface area contributed by atoms with E-state index in [4.69, 9.17) is 0 Å².